The molecule has 1 aliphatic heterocycles. The number of anilines is 2. The number of fused-ring (bicyclic) bond motifs is 1. The molecule has 3 amide bonds. The van der Waals surface area contributed by atoms with Gasteiger partial charge >= 0.3 is 0 Å². The van der Waals surface area contributed by atoms with E-state index in [1.165, 1.54) is 0 Å². The van der Waals surface area contributed by atoms with Crippen molar-refractivity contribution in [3.63, 3.8) is 0 Å². The van der Waals surface area contributed by atoms with Gasteiger partial charge in [-0.1, -0.05) is 12.1 Å². The van der Waals surface area contributed by atoms with Crippen LogP contribution in [0, 0.1) is 0 Å². The summed E-state index contributed by atoms with van der Waals surface area (Å²) in [4.78, 5) is 40.3. The minimum Gasteiger partial charge on any atom is -0.378 e. The number of imide groups is 1. The lowest BCUT2D eigenvalue weighted by Crippen LogP contribution is -2.45. The highest BCUT2D eigenvalue weighted by molar-refractivity contribution is 6.23. The maximum absolute atomic E-state index is 12.5. The Hall–Kier alpha value is -3.15. The lowest BCUT2D eigenvalue weighted by molar-refractivity contribution is -0.119. The van der Waals surface area contributed by atoms with Crippen LogP contribution in [0.2, 0.25) is 0 Å². The van der Waals surface area contributed by atoms with Crippen LogP contribution in [0.25, 0.3) is 0 Å². The molecular formula is C19H19N3O3. The normalized spacial score (nSPS) is 14.3. The Morgan fingerprint density at radius 3 is 1.96 bits per heavy atom. The van der Waals surface area contributed by atoms with Crippen LogP contribution in [0.15, 0.2) is 48.5 Å². The third-order valence-corrected chi connectivity index (χ3v) is 4.24. The van der Waals surface area contributed by atoms with Crippen LogP contribution in [0.3, 0.4) is 0 Å². The molecule has 25 heavy (non-hydrogen) atoms. The van der Waals surface area contributed by atoms with Crippen LogP contribution in [0.4, 0.5) is 11.4 Å². The third kappa shape index (κ3) is 2.98. The number of benzene rings is 2. The van der Waals surface area contributed by atoms with Crippen molar-refractivity contribution in [3.8, 4) is 0 Å². The summed E-state index contributed by atoms with van der Waals surface area (Å²) in [5, 5.41) is 2.75. The molecule has 0 radical (unpaired) electrons. The maximum atomic E-state index is 12.5. The number of hydrogen-bond acceptors (Lipinski definition) is 4. The maximum Gasteiger partial charge on any atom is 0.262 e. The first-order valence-electron chi connectivity index (χ1n) is 7.95. The average Bonchev–Trinajstić information content (AvgIpc) is 2.86. The first kappa shape index (κ1) is 16.7. The second-order valence-corrected chi connectivity index (χ2v) is 6.13. The first-order valence-corrected chi connectivity index (χ1v) is 7.95. The molecule has 0 aromatic heterocycles. The SMILES string of the molecule is CC(C(=O)Nc1ccc(N(C)C)cc1)N1C(=O)c2ccccc2C1=O. The van der Waals surface area contributed by atoms with E-state index in [4.69, 9.17) is 0 Å². The fraction of sp³-hybridized carbons (Fsp3) is 0.211. The van der Waals surface area contributed by atoms with Gasteiger partial charge in [-0.05, 0) is 43.3 Å². The molecule has 2 aromatic rings. The van der Waals surface area contributed by atoms with Crippen molar-refractivity contribution < 1.29 is 14.4 Å². The quantitative estimate of drug-likeness (QED) is 0.870. The number of rotatable bonds is 4. The molecule has 1 aliphatic rings. The van der Waals surface area contributed by atoms with E-state index in [2.05, 4.69) is 5.32 Å². The van der Waals surface area contributed by atoms with Gasteiger partial charge in [-0.2, -0.15) is 0 Å². The largest absolute Gasteiger partial charge is 0.378 e. The third-order valence-electron chi connectivity index (χ3n) is 4.24. The van der Waals surface area contributed by atoms with Crippen molar-refractivity contribution >= 4 is 29.1 Å². The average molecular weight is 337 g/mol. The Bertz CT molecular complexity index is 808. The van der Waals surface area contributed by atoms with Crippen LogP contribution in [0.5, 0.6) is 0 Å². The molecule has 6 heteroatoms. The minimum atomic E-state index is -0.902. The Balaban J connectivity index is 1.75. The first-order chi connectivity index (χ1) is 11.9. The molecule has 0 saturated carbocycles. The highest BCUT2D eigenvalue weighted by atomic mass is 16.2. The van der Waals surface area contributed by atoms with Crippen molar-refractivity contribution in [1.82, 2.24) is 4.90 Å². The second-order valence-electron chi connectivity index (χ2n) is 6.13. The second kappa shape index (κ2) is 6.39. The van der Waals surface area contributed by atoms with Gasteiger partial charge in [0.2, 0.25) is 5.91 Å². The number of carbonyl (C=O) groups is 3. The Kier molecular flexibility index (Phi) is 4.27. The highest BCUT2D eigenvalue weighted by Gasteiger charge is 2.40. The molecule has 2 aromatic carbocycles. The molecule has 0 bridgehead atoms. The molecule has 0 saturated heterocycles. The monoisotopic (exact) mass is 337 g/mol. The molecule has 0 spiro atoms. The van der Waals surface area contributed by atoms with E-state index < -0.39 is 23.8 Å². The van der Waals surface area contributed by atoms with Crippen LogP contribution in [0.1, 0.15) is 27.6 Å². The van der Waals surface area contributed by atoms with Crippen molar-refractivity contribution in [3.05, 3.63) is 59.7 Å². The Morgan fingerprint density at radius 1 is 0.960 bits per heavy atom. The fourth-order valence-corrected chi connectivity index (χ4v) is 2.77. The standard InChI is InChI=1S/C19H19N3O3/c1-12(17(23)20-13-8-10-14(11-9-13)21(2)3)22-18(24)15-6-4-5-7-16(15)19(22)25/h4-12H,1-3H3,(H,20,23). The molecule has 6 nitrogen and oxygen atoms in total. The van der Waals surface area contributed by atoms with E-state index in [9.17, 15) is 14.4 Å². The van der Waals surface area contributed by atoms with E-state index >= 15 is 0 Å². The van der Waals surface area contributed by atoms with Crippen molar-refractivity contribution in [2.24, 2.45) is 0 Å². The molecule has 3 rings (SSSR count). The lowest BCUT2D eigenvalue weighted by Gasteiger charge is -2.22. The smallest absolute Gasteiger partial charge is 0.262 e. The topological polar surface area (TPSA) is 69.7 Å². The summed E-state index contributed by atoms with van der Waals surface area (Å²) in [7, 11) is 3.86. The van der Waals surface area contributed by atoms with Crippen molar-refractivity contribution in [1.29, 1.82) is 0 Å². The summed E-state index contributed by atoms with van der Waals surface area (Å²) < 4.78 is 0. The zero-order valence-electron chi connectivity index (χ0n) is 14.3. The van der Waals surface area contributed by atoms with Crippen LogP contribution in [-0.4, -0.2) is 42.8 Å². The Morgan fingerprint density at radius 2 is 1.48 bits per heavy atom. The summed E-state index contributed by atoms with van der Waals surface area (Å²) in [6, 6.07) is 13.0. The van der Waals surface area contributed by atoms with E-state index in [1.807, 2.05) is 31.1 Å². The number of hydrogen-bond donors (Lipinski definition) is 1. The number of nitrogens with one attached hydrogen (secondary N) is 1. The molecule has 1 N–H and O–H groups in total. The van der Waals surface area contributed by atoms with Gasteiger partial charge < -0.3 is 10.2 Å². The van der Waals surface area contributed by atoms with Crippen LogP contribution < -0.4 is 10.2 Å². The zero-order valence-corrected chi connectivity index (χ0v) is 14.3. The highest BCUT2D eigenvalue weighted by Crippen LogP contribution is 2.25. The zero-order chi connectivity index (χ0) is 18.1. The van der Waals surface area contributed by atoms with Gasteiger partial charge in [-0.25, -0.2) is 0 Å². The summed E-state index contributed by atoms with van der Waals surface area (Å²) in [5.41, 5.74) is 2.29. The Labute approximate surface area is 146 Å². The predicted octanol–water partition coefficient (Wildman–Crippen LogP) is 2.38. The number of amides is 3. The summed E-state index contributed by atoms with van der Waals surface area (Å²) in [6.07, 6.45) is 0. The van der Waals surface area contributed by atoms with E-state index in [-0.39, 0.29) is 0 Å². The van der Waals surface area contributed by atoms with E-state index in [0.717, 1.165) is 10.6 Å². The van der Waals surface area contributed by atoms with E-state index in [1.54, 1.807) is 43.3 Å². The molecule has 1 unspecified atom stereocenters. The van der Waals surface area contributed by atoms with Gasteiger partial charge in [0.05, 0.1) is 11.1 Å². The molecular weight excluding hydrogens is 318 g/mol. The van der Waals surface area contributed by atoms with Gasteiger partial charge in [0.15, 0.2) is 0 Å². The number of nitrogens with zero attached hydrogens (tertiary/aromatic N) is 2. The van der Waals surface area contributed by atoms with Crippen molar-refractivity contribution in [2.45, 2.75) is 13.0 Å². The summed E-state index contributed by atoms with van der Waals surface area (Å²) in [5.74, 6) is -1.29. The minimum absolute atomic E-state index is 0.336. The predicted molar refractivity (Wildman–Crippen MR) is 95.8 cm³/mol. The van der Waals surface area contributed by atoms with Gasteiger partial charge in [0.1, 0.15) is 6.04 Å². The fourth-order valence-electron chi connectivity index (χ4n) is 2.77. The van der Waals surface area contributed by atoms with Gasteiger partial charge in [-0.3, -0.25) is 19.3 Å². The van der Waals surface area contributed by atoms with Gasteiger partial charge in [0, 0.05) is 25.5 Å². The van der Waals surface area contributed by atoms with Crippen molar-refractivity contribution in [2.75, 3.05) is 24.3 Å². The molecule has 1 heterocycles. The number of carbonyl (C=O) groups excluding carboxylic acids is 3. The van der Waals surface area contributed by atoms with Gasteiger partial charge in [0.25, 0.3) is 11.8 Å². The molecule has 128 valence electrons. The summed E-state index contributed by atoms with van der Waals surface area (Å²) >= 11 is 0. The molecule has 0 aliphatic carbocycles. The van der Waals surface area contributed by atoms with E-state index in [0.29, 0.717) is 16.8 Å². The lowest BCUT2D eigenvalue weighted by atomic mass is 10.1. The van der Waals surface area contributed by atoms with Gasteiger partial charge in [-0.15, -0.1) is 0 Å². The molecule has 0 fully saturated rings. The van der Waals surface area contributed by atoms with Crippen LogP contribution in [-0.2, 0) is 4.79 Å². The summed E-state index contributed by atoms with van der Waals surface area (Å²) in [6.45, 7) is 1.55. The molecule has 1 atom stereocenters. The van der Waals surface area contributed by atoms with Crippen LogP contribution >= 0.6 is 0 Å².